The van der Waals surface area contributed by atoms with Gasteiger partial charge < -0.3 is 0 Å². The molecule has 1 unspecified atom stereocenters. The van der Waals surface area contributed by atoms with Crippen molar-refractivity contribution in [2.75, 3.05) is 0 Å². The Kier molecular flexibility index (Phi) is 9.68. The fraction of sp³-hybridized carbons (Fsp3) is 0.200. The van der Waals surface area contributed by atoms with Gasteiger partial charge in [0, 0.05) is 0 Å². The zero-order valence-electron chi connectivity index (χ0n) is 30.8. The lowest BCUT2D eigenvalue weighted by Gasteiger charge is -2.35. The first-order valence-electron chi connectivity index (χ1n) is 18.5. The number of hydrogen-bond acceptors (Lipinski definition) is 0. The van der Waals surface area contributed by atoms with Crippen LogP contribution in [0.1, 0.15) is 67.9 Å². The van der Waals surface area contributed by atoms with Crippen LogP contribution in [-0.4, -0.2) is 8.80 Å². The van der Waals surface area contributed by atoms with Crippen LogP contribution >= 0.6 is 0 Å². The average molecular weight is 678 g/mol. The predicted molar refractivity (Wildman–Crippen MR) is 223 cm³/mol. The highest BCUT2D eigenvalue weighted by Crippen LogP contribution is 2.57. The van der Waals surface area contributed by atoms with E-state index in [4.69, 9.17) is 6.58 Å². The second-order valence-corrected chi connectivity index (χ2v) is 17.7. The summed E-state index contributed by atoms with van der Waals surface area (Å²) in [6.07, 6.45) is 5.58. The minimum absolute atomic E-state index is 0.294. The van der Waals surface area contributed by atoms with Crippen LogP contribution in [0.5, 0.6) is 0 Å². The molecule has 0 saturated carbocycles. The largest absolute Gasteiger partial charge is 0.318 e. The molecule has 7 rings (SSSR count). The second kappa shape index (κ2) is 14.3. The molecule has 252 valence electrons. The predicted octanol–water partition coefficient (Wildman–Crippen LogP) is 14.0. The zero-order chi connectivity index (χ0) is 35.6. The number of rotatable bonds is 11. The molecule has 6 aromatic carbocycles. The molecular weight excluding hydrogens is 629 g/mol. The van der Waals surface area contributed by atoms with Crippen LogP contribution in [0.4, 0.5) is 0 Å². The molecule has 1 aliphatic rings. The highest BCUT2D eigenvalue weighted by molar-refractivity contribution is 6.60. The summed E-state index contributed by atoms with van der Waals surface area (Å²) in [5.41, 5.74) is 16.2. The van der Waals surface area contributed by atoms with Gasteiger partial charge in [0.25, 0.3) is 0 Å². The van der Waals surface area contributed by atoms with Crippen molar-refractivity contribution < 1.29 is 0 Å². The first-order chi connectivity index (χ1) is 24.8. The highest BCUT2D eigenvalue weighted by Gasteiger charge is 2.47. The van der Waals surface area contributed by atoms with Crippen LogP contribution in [0.2, 0.25) is 18.1 Å². The average Bonchev–Trinajstić information content (AvgIpc) is 3.49. The van der Waals surface area contributed by atoms with Crippen molar-refractivity contribution in [2.45, 2.75) is 63.6 Å². The second-order valence-electron chi connectivity index (χ2n) is 14.6. The summed E-state index contributed by atoms with van der Waals surface area (Å²) >= 11 is 0. The Morgan fingerprint density at radius 1 is 0.608 bits per heavy atom. The molecule has 1 atom stereocenters. The maximum atomic E-state index is 4.74. The molecule has 0 nitrogen and oxygen atoms in total. The molecule has 0 fully saturated rings. The fourth-order valence-corrected chi connectivity index (χ4v) is 10.1. The third-order valence-electron chi connectivity index (χ3n) is 11.8. The quantitative estimate of drug-likeness (QED) is 0.0944. The molecular formula is C50H49Si+. The van der Waals surface area contributed by atoms with E-state index in [2.05, 4.69) is 192 Å². The lowest BCUT2D eigenvalue weighted by atomic mass is 9.66. The van der Waals surface area contributed by atoms with Crippen LogP contribution in [0, 0.1) is 0 Å². The monoisotopic (exact) mass is 677 g/mol. The topological polar surface area (TPSA) is 0 Å². The fourth-order valence-electron chi connectivity index (χ4n) is 8.48. The van der Waals surface area contributed by atoms with Crippen molar-refractivity contribution in [1.29, 1.82) is 0 Å². The molecule has 0 spiro atoms. The van der Waals surface area contributed by atoms with Crippen LogP contribution in [0.3, 0.4) is 0 Å². The van der Waals surface area contributed by atoms with Gasteiger partial charge in [-0.2, -0.15) is 0 Å². The summed E-state index contributed by atoms with van der Waals surface area (Å²) in [7, 11) is -0.504. The summed E-state index contributed by atoms with van der Waals surface area (Å²) in [6, 6.07) is 56.3. The first kappa shape index (κ1) is 34.5. The van der Waals surface area contributed by atoms with Crippen LogP contribution in [-0.2, 0) is 5.41 Å². The van der Waals surface area contributed by atoms with Gasteiger partial charge in [-0.3, -0.25) is 0 Å². The standard InChI is InChI=1S/C50H49Si/c1-7-42(49(4,8-2)51(5)6)31-29-36(3)39-30-32-46-45-27-15-16-28-47(45)50(48(46)35-39,43-25-17-23-40(33-43)37-19-11-9-12-20-37)44-26-18-24-41(34-44)38-21-13-10-14-22-38/h7,9-28,30,32-35H,3,8,29,31H2,1-2,4-6H3/q+1/b42-7+. The van der Waals surface area contributed by atoms with Gasteiger partial charge in [0.2, 0.25) is 0 Å². The SMILES string of the molecule is C=C(CC/C(=C\C)C(C)(CC)[Si+](C)C)c1ccc2c(c1)C(c1cccc(-c3ccccc3)c1)(c1cccc(-c3ccccc3)c1)c1ccccc1-2. The Labute approximate surface area is 307 Å². The van der Waals surface area contributed by atoms with E-state index < -0.39 is 14.2 Å². The van der Waals surface area contributed by atoms with Crippen LogP contribution in [0.25, 0.3) is 39.0 Å². The molecule has 0 aromatic heterocycles. The Balaban J connectivity index is 1.43. The van der Waals surface area contributed by atoms with Crippen molar-refractivity contribution in [3.63, 3.8) is 0 Å². The number of benzene rings is 6. The maximum Gasteiger partial charge on any atom is 0.318 e. The van der Waals surface area contributed by atoms with E-state index in [-0.39, 0.29) is 0 Å². The molecule has 0 N–H and O–H groups in total. The molecule has 0 saturated heterocycles. The van der Waals surface area contributed by atoms with E-state index in [1.54, 1.807) is 5.57 Å². The normalized spacial score (nSPS) is 14.3. The minimum Gasteiger partial charge on any atom is -0.0952 e. The van der Waals surface area contributed by atoms with Crippen molar-refractivity contribution in [3.05, 3.63) is 198 Å². The van der Waals surface area contributed by atoms with Gasteiger partial charge in [-0.15, -0.1) is 0 Å². The third kappa shape index (κ3) is 6.08. The molecule has 0 aliphatic heterocycles. The summed E-state index contributed by atoms with van der Waals surface area (Å²) < 4.78 is 0. The molecule has 1 heteroatoms. The summed E-state index contributed by atoms with van der Waals surface area (Å²) in [6.45, 7) is 16.7. The van der Waals surface area contributed by atoms with E-state index in [1.807, 2.05) is 0 Å². The van der Waals surface area contributed by atoms with E-state index in [0.717, 1.165) is 12.8 Å². The zero-order valence-corrected chi connectivity index (χ0v) is 31.8. The van der Waals surface area contributed by atoms with E-state index in [0.29, 0.717) is 5.04 Å². The maximum absolute atomic E-state index is 4.74. The summed E-state index contributed by atoms with van der Waals surface area (Å²) in [5.74, 6) is 0. The molecule has 0 bridgehead atoms. The van der Waals surface area contributed by atoms with Crippen LogP contribution in [0.15, 0.2) is 170 Å². The van der Waals surface area contributed by atoms with Gasteiger partial charge in [-0.05, 0) is 124 Å². The van der Waals surface area contributed by atoms with Crippen LogP contribution < -0.4 is 0 Å². The van der Waals surface area contributed by atoms with E-state index in [1.165, 1.54) is 73.2 Å². The molecule has 0 amide bonds. The van der Waals surface area contributed by atoms with Gasteiger partial charge in [0.15, 0.2) is 0 Å². The van der Waals surface area contributed by atoms with E-state index >= 15 is 0 Å². The minimum atomic E-state index is -0.519. The molecule has 0 radical (unpaired) electrons. The summed E-state index contributed by atoms with van der Waals surface area (Å²) in [4.78, 5) is 0. The molecule has 1 aliphatic carbocycles. The lowest BCUT2D eigenvalue weighted by molar-refractivity contribution is 0.632. The van der Waals surface area contributed by atoms with Gasteiger partial charge in [-0.1, -0.05) is 153 Å². The Morgan fingerprint density at radius 2 is 1.14 bits per heavy atom. The summed E-state index contributed by atoms with van der Waals surface area (Å²) in [5, 5.41) is 0.294. The molecule has 0 heterocycles. The Morgan fingerprint density at radius 3 is 1.69 bits per heavy atom. The lowest BCUT2D eigenvalue weighted by Crippen LogP contribution is -2.29. The number of hydrogen-bond donors (Lipinski definition) is 0. The van der Waals surface area contributed by atoms with E-state index in [9.17, 15) is 0 Å². The number of fused-ring (bicyclic) bond motifs is 3. The van der Waals surface area contributed by atoms with Crippen molar-refractivity contribution in [1.82, 2.24) is 0 Å². The molecule has 6 aromatic rings. The van der Waals surface area contributed by atoms with Gasteiger partial charge in [0.1, 0.15) is 5.04 Å². The van der Waals surface area contributed by atoms with Crippen molar-refractivity contribution in [2.24, 2.45) is 0 Å². The number of allylic oxidation sites excluding steroid dienone is 3. The Bertz CT molecular complexity index is 2120. The smallest absolute Gasteiger partial charge is 0.0952 e. The molecule has 51 heavy (non-hydrogen) atoms. The first-order valence-corrected chi connectivity index (χ1v) is 21.0. The van der Waals surface area contributed by atoms with Gasteiger partial charge in [-0.25, -0.2) is 0 Å². The third-order valence-corrected chi connectivity index (χ3v) is 14.7. The Hall–Kier alpha value is -4.98. The highest BCUT2D eigenvalue weighted by atomic mass is 28.3. The van der Waals surface area contributed by atoms with Crippen molar-refractivity contribution in [3.8, 4) is 33.4 Å². The van der Waals surface area contributed by atoms with Crippen molar-refractivity contribution >= 4 is 14.4 Å². The van der Waals surface area contributed by atoms with Gasteiger partial charge in [0.05, 0.1) is 18.5 Å². The van der Waals surface area contributed by atoms with Gasteiger partial charge >= 0.3 is 8.80 Å².